The number of benzene rings is 2. The first kappa shape index (κ1) is 15.9. The Kier molecular flexibility index (Phi) is 4.67. The molecule has 2 aromatic carbocycles. The van der Waals surface area contributed by atoms with Crippen molar-refractivity contribution in [3.8, 4) is 17.1 Å². The van der Waals surface area contributed by atoms with Crippen molar-refractivity contribution in [1.82, 2.24) is 9.97 Å². The van der Waals surface area contributed by atoms with E-state index in [4.69, 9.17) is 16.3 Å². The fraction of sp³-hybridized carbons (Fsp3) is 0.0588. The summed E-state index contributed by atoms with van der Waals surface area (Å²) in [6, 6.07) is 13.4. The van der Waals surface area contributed by atoms with Gasteiger partial charge in [-0.3, -0.25) is 10.1 Å². The van der Waals surface area contributed by atoms with Crippen LogP contribution in [0.4, 0.5) is 5.69 Å². The highest BCUT2D eigenvalue weighted by Crippen LogP contribution is 2.28. The van der Waals surface area contributed by atoms with Gasteiger partial charge in [-0.2, -0.15) is 0 Å². The number of nitro groups is 1. The molecule has 1 heterocycles. The monoisotopic (exact) mass is 341 g/mol. The molecule has 120 valence electrons. The van der Waals surface area contributed by atoms with E-state index in [0.717, 1.165) is 5.56 Å². The van der Waals surface area contributed by atoms with Crippen molar-refractivity contribution in [3.63, 3.8) is 0 Å². The molecule has 0 saturated carbocycles. The van der Waals surface area contributed by atoms with Gasteiger partial charge in [-0.1, -0.05) is 29.8 Å². The number of nitro benzene ring substituents is 1. The average Bonchev–Trinajstić information content (AvgIpc) is 2.61. The highest BCUT2D eigenvalue weighted by atomic mass is 35.5. The van der Waals surface area contributed by atoms with Gasteiger partial charge in [-0.25, -0.2) is 9.97 Å². The summed E-state index contributed by atoms with van der Waals surface area (Å²) in [6.45, 7) is 0.248. The Balaban J connectivity index is 1.85. The second kappa shape index (κ2) is 7.06. The maximum atomic E-state index is 10.7. The largest absolute Gasteiger partial charge is 0.471 e. The highest BCUT2D eigenvalue weighted by molar-refractivity contribution is 6.31. The number of ether oxygens (including phenoxy) is 1. The van der Waals surface area contributed by atoms with Crippen LogP contribution in [-0.2, 0) is 6.61 Å². The summed E-state index contributed by atoms with van der Waals surface area (Å²) in [5, 5.41) is 11.4. The van der Waals surface area contributed by atoms with Gasteiger partial charge < -0.3 is 4.74 Å². The molecule has 3 aromatic rings. The van der Waals surface area contributed by atoms with Crippen molar-refractivity contribution < 1.29 is 9.66 Å². The van der Waals surface area contributed by atoms with Gasteiger partial charge >= 0.3 is 0 Å². The second-order valence-electron chi connectivity index (χ2n) is 4.89. The zero-order valence-electron chi connectivity index (χ0n) is 12.4. The molecule has 6 nitrogen and oxygen atoms in total. The third-order valence-corrected chi connectivity index (χ3v) is 3.71. The molecule has 1 aromatic heterocycles. The smallest absolute Gasteiger partial charge is 0.269 e. The van der Waals surface area contributed by atoms with Crippen LogP contribution in [0.3, 0.4) is 0 Å². The van der Waals surface area contributed by atoms with Crippen molar-refractivity contribution in [1.29, 1.82) is 0 Å². The van der Waals surface area contributed by atoms with Gasteiger partial charge in [0.05, 0.1) is 4.92 Å². The van der Waals surface area contributed by atoms with Gasteiger partial charge in [0, 0.05) is 40.7 Å². The molecule has 0 spiro atoms. The Hall–Kier alpha value is -2.99. The number of non-ortho nitro benzene ring substituents is 1. The zero-order valence-corrected chi connectivity index (χ0v) is 13.2. The van der Waals surface area contributed by atoms with Crippen molar-refractivity contribution in [2.24, 2.45) is 0 Å². The molecule has 0 unspecified atom stereocenters. The molecule has 0 aliphatic rings. The molecule has 24 heavy (non-hydrogen) atoms. The van der Waals surface area contributed by atoms with Gasteiger partial charge in [0.2, 0.25) is 5.88 Å². The standard InChI is InChI=1S/C17H12ClN3O3/c18-15-4-2-1-3-13(15)11-24-17-16(19-9-10-20-17)12-5-7-14(8-6-12)21(22)23/h1-10H,11H2. The van der Waals surface area contributed by atoms with E-state index < -0.39 is 4.92 Å². The van der Waals surface area contributed by atoms with Gasteiger partial charge in [0.25, 0.3) is 5.69 Å². The van der Waals surface area contributed by atoms with E-state index in [1.807, 2.05) is 18.2 Å². The summed E-state index contributed by atoms with van der Waals surface area (Å²) in [5.74, 6) is 0.339. The summed E-state index contributed by atoms with van der Waals surface area (Å²) >= 11 is 6.11. The molecule has 0 fully saturated rings. The number of hydrogen-bond acceptors (Lipinski definition) is 5. The van der Waals surface area contributed by atoms with Crippen LogP contribution in [0, 0.1) is 10.1 Å². The predicted octanol–water partition coefficient (Wildman–Crippen LogP) is 4.28. The average molecular weight is 342 g/mol. The lowest BCUT2D eigenvalue weighted by atomic mass is 10.1. The van der Waals surface area contributed by atoms with Crippen LogP contribution in [0.2, 0.25) is 5.02 Å². The third kappa shape index (κ3) is 3.49. The van der Waals surface area contributed by atoms with E-state index >= 15 is 0 Å². The Morgan fingerprint density at radius 2 is 1.75 bits per heavy atom. The molecule has 0 aliphatic carbocycles. The van der Waals surface area contributed by atoms with E-state index in [-0.39, 0.29) is 12.3 Å². The lowest BCUT2D eigenvalue weighted by Gasteiger charge is -2.10. The Labute approximate surface area is 142 Å². The second-order valence-corrected chi connectivity index (χ2v) is 5.30. The Morgan fingerprint density at radius 1 is 1.04 bits per heavy atom. The van der Waals surface area contributed by atoms with Gasteiger partial charge in [0.15, 0.2) is 0 Å². The van der Waals surface area contributed by atoms with Crippen molar-refractivity contribution in [3.05, 3.63) is 81.6 Å². The topological polar surface area (TPSA) is 78.2 Å². The minimum absolute atomic E-state index is 0.0150. The predicted molar refractivity (Wildman–Crippen MR) is 89.9 cm³/mol. The van der Waals surface area contributed by atoms with Gasteiger partial charge in [0.1, 0.15) is 12.3 Å². The summed E-state index contributed by atoms with van der Waals surface area (Å²) in [6.07, 6.45) is 3.07. The molecule has 0 radical (unpaired) electrons. The number of hydrogen-bond donors (Lipinski definition) is 0. The minimum Gasteiger partial charge on any atom is -0.471 e. The highest BCUT2D eigenvalue weighted by Gasteiger charge is 2.12. The van der Waals surface area contributed by atoms with Crippen LogP contribution in [0.25, 0.3) is 11.3 Å². The molecular weight excluding hydrogens is 330 g/mol. The van der Waals surface area contributed by atoms with Crippen LogP contribution in [-0.4, -0.2) is 14.9 Å². The number of rotatable bonds is 5. The quantitative estimate of drug-likeness (QED) is 0.511. The Bertz CT molecular complexity index is 869. The van der Waals surface area contributed by atoms with Crippen LogP contribution < -0.4 is 4.74 Å². The van der Waals surface area contributed by atoms with E-state index in [2.05, 4.69) is 9.97 Å². The van der Waals surface area contributed by atoms with E-state index in [1.165, 1.54) is 18.3 Å². The maximum absolute atomic E-state index is 10.7. The van der Waals surface area contributed by atoms with Crippen molar-refractivity contribution in [2.75, 3.05) is 0 Å². The minimum atomic E-state index is -0.449. The molecule has 0 N–H and O–H groups in total. The first-order chi connectivity index (χ1) is 11.6. The third-order valence-electron chi connectivity index (χ3n) is 3.34. The van der Waals surface area contributed by atoms with Crippen molar-refractivity contribution in [2.45, 2.75) is 6.61 Å². The first-order valence-electron chi connectivity index (χ1n) is 7.07. The van der Waals surface area contributed by atoms with E-state index in [1.54, 1.807) is 24.4 Å². The fourth-order valence-electron chi connectivity index (χ4n) is 2.13. The van der Waals surface area contributed by atoms with Gasteiger partial charge in [-0.05, 0) is 18.2 Å². The van der Waals surface area contributed by atoms with Crippen LogP contribution in [0.15, 0.2) is 60.9 Å². The lowest BCUT2D eigenvalue weighted by molar-refractivity contribution is -0.384. The molecular formula is C17H12ClN3O3. The Morgan fingerprint density at radius 3 is 2.46 bits per heavy atom. The van der Waals surface area contributed by atoms with Crippen LogP contribution >= 0.6 is 11.6 Å². The summed E-state index contributed by atoms with van der Waals surface area (Å²) in [4.78, 5) is 18.8. The normalized spacial score (nSPS) is 10.4. The SMILES string of the molecule is O=[N+]([O-])c1ccc(-c2nccnc2OCc2ccccc2Cl)cc1. The molecule has 0 aliphatic heterocycles. The summed E-state index contributed by atoms with van der Waals surface area (Å²) in [5.41, 5.74) is 2.04. The van der Waals surface area contributed by atoms with Crippen molar-refractivity contribution >= 4 is 17.3 Å². The fourth-order valence-corrected chi connectivity index (χ4v) is 2.32. The first-order valence-corrected chi connectivity index (χ1v) is 7.45. The van der Waals surface area contributed by atoms with Crippen LogP contribution in [0.1, 0.15) is 5.56 Å². The number of halogens is 1. The molecule has 0 amide bonds. The maximum Gasteiger partial charge on any atom is 0.269 e. The van der Waals surface area contributed by atoms with E-state index in [0.29, 0.717) is 22.2 Å². The molecule has 0 saturated heterocycles. The summed E-state index contributed by atoms with van der Waals surface area (Å²) < 4.78 is 5.74. The lowest BCUT2D eigenvalue weighted by Crippen LogP contribution is -2.01. The molecule has 7 heteroatoms. The molecule has 0 bridgehead atoms. The van der Waals surface area contributed by atoms with Crippen LogP contribution in [0.5, 0.6) is 5.88 Å². The van der Waals surface area contributed by atoms with E-state index in [9.17, 15) is 10.1 Å². The van der Waals surface area contributed by atoms with Gasteiger partial charge in [-0.15, -0.1) is 0 Å². The number of nitrogens with zero attached hydrogens (tertiary/aromatic N) is 3. The summed E-state index contributed by atoms with van der Waals surface area (Å²) in [7, 11) is 0. The number of aromatic nitrogens is 2. The zero-order chi connectivity index (χ0) is 16.9. The molecule has 3 rings (SSSR count). The molecule has 0 atom stereocenters.